The predicted octanol–water partition coefficient (Wildman–Crippen LogP) is 1.78. The second-order valence-corrected chi connectivity index (χ2v) is 6.82. The molecular formula is C11H21F3N2O2S. The molecule has 0 aromatic carbocycles. The first-order valence-electron chi connectivity index (χ1n) is 6.54. The van der Waals surface area contributed by atoms with Crippen LogP contribution in [-0.2, 0) is 10.0 Å². The lowest BCUT2D eigenvalue weighted by molar-refractivity contribution is -0.157. The summed E-state index contributed by atoms with van der Waals surface area (Å²) in [5.74, 6) is -0.0315. The molecule has 1 unspecified atom stereocenters. The van der Waals surface area contributed by atoms with E-state index in [0.717, 1.165) is 19.3 Å². The van der Waals surface area contributed by atoms with E-state index >= 15 is 0 Å². The van der Waals surface area contributed by atoms with Gasteiger partial charge in [0, 0.05) is 12.6 Å². The van der Waals surface area contributed by atoms with E-state index in [2.05, 4.69) is 10.0 Å². The van der Waals surface area contributed by atoms with Crippen LogP contribution in [0.15, 0.2) is 0 Å². The Labute approximate surface area is 112 Å². The number of nitrogens with one attached hydrogen (secondary N) is 2. The molecule has 0 heterocycles. The van der Waals surface area contributed by atoms with Crippen LogP contribution in [0, 0.1) is 0 Å². The zero-order valence-corrected chi connectivity index (χ0v) is 11.8. The molecule has 8 heteroatoms. The summed E-state index contributed by atoms with van der Waals surface area (Å²) in [4.78, 5) is 0. The highest BCUT2D eigenvalue weighted by Crippen LogP contribution is 2.27. The Kier molecular flexibility index (Phi) is 6.07. The van der Waals surface area contributed by atoms with Crippen LogP contribution in [0.3, 0.4) is 0 Å². The molecule has 1 saturated carbocycles. The Balaban J connectivity index is 2.35. The molecule has 19 heavy (non-hydrogen) atoms. The molecule has 4 nitrogen and oxygen atoms in total. The molecule has 1 atom stereocenters. The van der Waals surface area contributed by atoms with Crippen LogP contribution in [-0.4, -0.2) is 39.0 Å². The quantitative estimate of drug-likeness (QED) is 0.682. The summed E-state index contributed by atoms with van der Waals surface area (Å²) < 4.78 is 63.2. The minimum atomic E-state index is -4.34. The molecule has 2 N–H and O–H groups in total. The van der Waals surface area contributed by atoms with Crippen LogP contribution < -0.4 is 10.0 Å². The first-order valence-corrected chi connectivity index (χ1v) is 8.20. The first kappa shape index (κ1) is 16.7. The Morgan fingerprint density at radius 1 is 1.32 bits per heavy atom. The van der Waals surface area contributed by atoms with Crippen molar-refractivity contribution < 1.29 is 21.6 Å². The molecule has 1 fully saturated rings. The van der Waals surface area contributed by atoms with Crippen molar-refractivity contribution in [3.05, 3.63) is 0 Å². The third kappa shape index (κ3) is 7.12. The molecule has 1 aliphatic carbocycles. The van der Waals surface area contributed by atoms with Gasteiger partial charge in [-0.25, -0.2) is 13.1 Å². The predicted molar refractivity (Wildman–Crippen MR) is 67.3 cm³/mol. The average molecular weight is 302 g/mol. The van der Waals surface area contributed by atoms with Gasteiger partial charge in [-0.3, -0.25) is 0 Å². The number of hydrogen-bond donors (Lipinski definition) is 2. The first-order chi connectivity index (χ1) is 8.74. The number of hydrogen-bond acceptors (Lipinski definition) is 3. The maximum atomic E-state index is 12.7. The number of alkyl halides is 3. The number of sulfonamides is 1. The number of halogens is 3. The van der Waals surface area contributed by atoms with Crippen molar-refractivity contribution in [2.75, 3.05) is 12.3 Å². The molecule has 0 spiro atoms. The maximum Gasteiger partial charge on any atom is 0.403 e. The van der Waals surface area contributed by atoms with Gasteiger partial charge in [0.25, 0.3) is 0 Å². The molecular weight excluding hydrogens is 281 g/mol. The smallest absolute Gasteiger partial charge is 0.303 e. The molecule has 1 rings (SSSR count). The van der Waals surface area contributed by atoms with E-state index in [1.807, 2.05) is 6.92 Å². The Morgan fingerprint density at radius 3 is 2.42 bits per heavy atom. The van der Waals surface area contributed by atoms with Crippen molar-refractivity contribution >= 4 is 10.0 Å². The van der Waals surface area contributed by atoms with E-state index in [0.29, 0.717) is 6.42 Å². The second kappa shape index (κ2) is 6.90. The molecule has 0 aromatic heterocycles. The van der Waals surface area contributed by atoms with Crippen LogP contribution in [0.25, 0.3) is 0 Å². The molecule has 0 radical (unpaired) electrons. The van der Waals surface area contributed by atoms with Gasteiger partial charge < -0.3 is 5.32 Å². The highest BCUT2D eigenvalue weighted by Gasteiger charge is 2.41. The fourth-order valence-electron chi connectivity index (χ4n) is 1.64. The molecule has 1 aliphatic rings. The zero-order valence-electron chi connectivity index (χ0n) is 11.0. The van der Waals surface area contributed by atoms with Crippen molar-refractivity contribution in [1.29, 1.82) is 0 Å². The van der Waals surface area contributed by atoms with Crippen LogP contribution in [0.5, 0.6) is 0 Å². The van der Waals surface area contributed by atoms with E-state index in [-0.39, 0.29) is 24.8 Å². The van der Waals surface area contributed by atoms with E-state index in [1.165, 1.54) is 0 Å². The van der Waals surface area contributed by atoms with Crippen molar-refractivity contribution in [1.82, 2.24) is 10.0 Å². The summed E-state index contributed by atoms with van der Waals surface area (Å²) in [7, 11) is -3.44. The number of rotatable bonds is 9. The lowest BCUT2D eigenvalue weighted by Crippen LogP contribution is -2.45. The largest absolute Gasteiger partial charge is 0.403 e. The van der Waals surface area contributed by atoms with Gasteiger partial charge in [-0.1, -0.05) is 13.3 Å². The molecule has 0 saturated heterocycles. The van der Waals surface area contributed by atoms with Crippen LogP contribution >= 0.6 is 0 Å². The van der Waals surface area contributed by atoms with E-state index < -0.39 is 22.2 Å². The molecule has 0 amide bonds. The molecule has 0 aliphatic heterocycles. The SMILES string of the molecule is CCCCS(=O)(=O)NCCC(NC1CC1)C(F)(F)F. The Hall–Kier alpha value is -0.340. The lowest BCUT2D eigenvalue weighted by atomic mass is 10.2. The third-order valence-corrected chi connectivity index (χ3v) is 4.40. The van der Waals surface area contributed by atoms with Crippen molar-refractivity contribution in [3.63, 3.8) is 0 Å². The minimum absolute atomic E-state index is 0.0315. The Morgan fingerprint density at radius 2 is 1.95 bits per heavy atom. The van der Waals surface area contributed by atoms with Crippen LogP contribution in [0.2, 0.25) is 0 Å². The fraction of sp³-hybridized carbons (Fsp3) is 1.00. The molecule has 0 aromatic rings. The summed E-state index contributed by atoms with van der Waals surface area (Å²) in [5, 5.41) is 2.50. The Bertz CT molecular complexity index is 367. The van der Waals surface area contributed by atoms with Crippen molar-refractivity contribution in [2.24, 2.45) is 0 Å². The van der Waals surface area contributed by atoms with Crippen LogP contribution in [0.4, 0.5) is 13.2 Å². The van der Waals surface area contributed by atoms with Gasteiger partial charge in [-0.2, -0.15) is 13.2 Å². The third-order valence-electron chi connectivity index (χ3n) is 2.93. The minimum Gasteiger partial charge on any atom is -0.303 e. The summed E-state index contributed by atoms with van der Waals surface area (Å²) in [6.07, 6.45) is -1.85. The van der Waals surface area contributed by atoms with E-state index in [9.17, 15) is 21.6 Å². The fourth-order valence-corrected chi connectivity index (χ4v) is 2.88. The van der Waals surface area contributed by atoms with E-state index in [4.69, 9.17) is 0 Å². The summed E-state index contributed by atoms with van der Waals surface area (Å²) in [6.45, 7) is 1.67. The topological polar surface area (TPSA) is 58.2 Å². The average Bonchev–Trinajstić information content (AvgIpc) is 3.07. The standard InChI is InChI=1S/C11H21F3N2O2S/c1-2-3-8-19(17,18)15-7-6-10(11(12,13)14)16-9-4-5-9/h9-10,15-16H,2-8H2,1H3. The zero-order chi connectivity index (χ0) is 14.5. The van der Waals surface area contributed by atoms with Gasteiger partial charge in [0.1, 0.15) is 6.04 Å². The van der Waals surface area contributed by atoms with Crippen molar-refractivity contribution in [3.8, 4) is 0 Å². The van der Waals surface area contributed by atoms with Gasteiger partial charge in [0.15, 0.2) is 0 Å². The van der Waals surface area contributed by atoms with Gasteiger partial charge in [0.2, 0.25) is 10.0 Å². The normalized spacial score (nSPS) is 18.5. The highest BCUT2D eigenvalue weighted by molar-refractivity contribution is 7.89. The van der Waals surface area contributed by atoms with Crippen LogP contribution in [0.1, 0.15) is 39.0 Å². The summed E-state index contributed by atoms with van der Waals surface area (Å²) >= 11 is 0. The number of unbranched alkanes of at least 4 members (excludes halogenated alkanes) is 1. The lowest BCUT2D eigenvalue weighted by Gasteiger charge is -2.21. The van der Waals surface area contributed by atoms with Crippen molar-refractivity contribution in [2.45, 2.75) is 57.3 Å². The van der Waals surface area contributed by atoms with E-state index in [1.54, 1.807) is 0 Å². The van der Waals surface area contributed by atoms with Gasteiger partial charge in [0.05, 0.1) is 5.75 Å². The highest BCUT2D eigenvalue weighted by atomic mass is 32.2. The van der Waals surface area contributed by atoms with Gasteiger partial charge in [-0.05, 0) is 25.7 Å². The molecule has 0 bridgehead atoms. The van der Waals surface area contributed by atoms with Gasteiger partial charge >= 0.3 is 6.18 Å². The summed E-state index contributed by atoms with van der Waals surface area (Å²) in [6, 6.07) is -1.70. The summed E-state index contributed by atoms with van der Waals surface area (Å²) in [5.41, 5.74) is 0. The maximum absolute atomic E-state index is 12.7. The second-order valence-electron chi connectivity index (χ2n) is 4.89. The molecule has 114 valence electrons. The van der Waals surface area contributed by atoms with Gasteiger partial charge in [-0.15, -0.1) is 0 Å². The monoisotopic (exact) mass is 302 g/mol.